The SMILES string of the molecule is Fc1ccc(-n2cnc(Nc3cc(C4CC4)nc(N4CCCCC4)c3)n2)cc1F. The van der Waals surface area contributed by atoms with E-state index in [1.54, 1.807) is 0 Å². The smallest absolute Gasteiger partial charge is 0.246 e. The Labute approximate surface area is 167 Å². The molecule has 2 aromatic heterocycles. The molecule has 0 spiro atoms. The van der Waals surface area contributed by atoms with E-state index in [2.05, 4.69) is 26.4 Å². The molecule has 8 heteroatoms. The minimum Gasteiger partial charge on any atom is -0.357 e. The molecule has 1 aromatic carbocycles. The third kappa shape index (κ3) is 3.92. The van der Waals surface area contributed by atoms with Crippen molar-refractivity contribution in [2.45, 2.75) is 38.0 Å². The van der Waals surface area contributed by atoms with E-state index in [1.807, 2.05) is 6.07 Å². The molecule has 1 N–H and O–H groups in total. The molecular formula is C21H22F2N6. The first kappa shape index (κ1) is 18.0. The van der Waals surface area contributed by atoms with Crippen LogP contribution >= 0.6 is 0 Å². The number of benzene rings is 1. The normalized spacial score (nSPS) is 16.8. The first-order chi connectivity index (χ1) is 14.2. The molecule has 150 valence electrons. The van der Waals surface area contributed by atoms with Crippen LogP contribution in [0.5, 0.6) is 0 Å². The van der Waals surface area contributed by atoms with Gasteiger partial charge in [0.1, 0.15) is 12.1 Å². The van der Waals surface area contributed by atoms with Crippen LogP contribution in [-0.2, 0) is 0 Å². The topological polar surface area (TPSA) is 58.9 Å². The van der Waals surface area contributed by atoms with Gasteiger partial charge in [0.25, 0.3) is 0 Å². The summed E-state index contributed by atoms with van der Waals surface area (Å²) >= 11 is 0. The lowest BCUT2D eigenvalue weighted by Crippen LogP contribution is -2.30. The average Bonchev–Trinajstić information content (AvgIpc) is 3.50. The molecule has 2 fully saturated rings. The van der Waals surface area contributed by atoms with Crippen molar-refractivity contribution in [3.05, 3.63) is 54.0 Å². The molecule has 6 nitrogen and oxygen atoms in total. The summed E-state index contributed by atoms with van der Waals surface area (Å²) in [5.74, 6) is 0.126. The standard InChI is InChI=1S/C21H22F2N6/c22-17-7-6-16(12-18(17)23)29-13-24-21(27-29)25-15-10-19(14-4-5-14)26-20(11-15)28-8-2-1-3-9-28/h6-7,10-14H,1-5,8-9H2,(H,25,26,27). The zero-order valence-electron chi connectivity index (χ0n) is 16.0. The molecule has 5 rings (SSSR count). The Balaban J connectivity index is 1.40. The highest BCUT2D eigenvalue weighted by Crippen LogP contribution is 2.41. The highest BCUT2D eigenvalue weighted by atomic mass is 19.2. The summed E-state index contributed by atoms with van der Waals surface area (Å²) in [5.41, 5.74) is 2.41. The fourth-order valence-electron chi connectivity index (χ4n) is 3.68. The number of anilines is 3. The van der Waals surface area contributed by atoms with Crippen LogP contribution in [0.2, 0.25) is 0 Å². The van der Waals surface area contributed by atoms with Crippen molar-refractivity contribution >= 4 is 17.5 Å². The highest BCUT2D eigenvalue weighted by Gasteiger charge is 2.27. The number of halogens is 2. The minimum absolute atomic E-state index is 0.396. The van der Waals surface area contributed by atoms with Gasteiger partial charge in [0, 0.05) is 42.5 Å². The summed E-state index contributed by atoms with van der Waals surface area (Å²) in [7, 11) is 0. The molecule has 1 saturated heterocycles. The van der Waals surface area contributed by atoms with E-state index in [1.165, 1.54) is 49.2 Å². The fourth-order valence-corrected chi connectivity index (χ4v) is 3.68. The van der Waals surface area contributed by atoms with Gasteiger partial charge in [-0.3, -0.25) is 0 Å². The van der Waals surface area contributed by atoms with Crippen LogP contribution in [0.25, 0.3) is 5.69 Å². The number of pyridine rings is 1. The molecule has 0 bridgehead atoms. The Morgan fingerprint density at radius 1 is 0.966 bits per heavy atom. The third-order valence-electron chi connectivity index (χ3n) is 5.42. The second kappa shape index (κ2) is 7.42. The van der Waals surface area contributed by atoms with Gasteiger partial charge in [-0.2, -0.15) is 4.98 Å². The first-order valence-electron chi connectivity index (χ1n) is 10.1. The predicted molar refractivity (Wildman–Crippen MR) is 107 cm³/mol. The van der Waals surface area contributed by atoms with E-state index >= 15 is 0 Å². The largest absolute Gasteiger partial charge is 0.357 e. The third-order valence-corrected chi connectivity index (χ3v) is 5.42. The van der Waals surface area contributed by atoms with Gasteiger partial charge in [-0.25, -0.2) is 18.4 Å². The average molecular weight is 396 g/mol. The van der Waals surface area contributed by atoms with E-state index in [9.17, 15) is 8.78 Å². The molecule has 0 radical (unpaired) electrons. The molecule has 0 unspecified atom stereocenters. The number of hydrogen-bond donors (Lipinski definition) is 1. The van der Waals surface area contributed by atoms with Gasteiger partial charge in [0.2, 0.25) is 5.95 Å². The summed E-state index contributed by atoms with van der Waals surface area (Å²) in [5, 5.41) is 7.60. The maximum absolute atomic E-state index is 13.5. The van der Waals surface area contributed by atoms with Crippen LogP contribution < -0.4 is 10.2 Å². The number of piperidine rings is 1. The summed E-state index contributed by atoms with van der Waals surface area (Å²) in [6.07, 6.45) is 7.49. The van der Waals surface area contributed by atoms with Gasteiger partial charge < -0.3 is 10.2 Å². The summed E-state index contributed by atoms with van der Waals surface area (Å²) in [4.78, 5) is 11.5. The van der Waals surface area contributed by atoms with Gasteiger partial charge in [-0.15, -0.1) is 5.10 Å². The van der Waals surface area contributed by atoms with Crippen molar-refractivity contribution in [3.8, 4) is 5.69 Å². The van der Waals surface area contributed by atoms with Gasteiger partial charge in [-0.05, 0) is 50.3 Å². The maximum atomic E-state index is 13.5. The van der Waals surface area contributed by atoms with Gasteiger partial charge in [0.15, 0.2) is 11.6 Å². The number of rotatable bonds is 5. The van der Waals surface area contributed by atoms with Crippen LogP contribution in [0.4, 0.5) is 26.2 Å². The molecule has 29 heavy (non-hydrogen) atoms. The lowest BCUT2D eigenvalue weighted by molar-refractivity contribution is 0.507. The quantitative estimate of drug-likeness (QED) is 0.686. The molecular weight excluding hydrogens is 374 g/mol. The number of aromatic nitrogens is 4. The monoisotopic (exact) mass is 396 g/mol. The van der Waals surface area contributed by atoms with E-state index in [4.69, 9.17) is 4.98 Å². The minimum atomic E-state index is -0.915. The Morgan fingerprint density at radius 3 is 2.55 bits per heavy atom. The molecule has 2 aliphatic rings. The molecule has 1 saturated carbocycles. The van der Waals surface area contributed by atoms with Crippen molar-refractivity contribution in [2.75, 3.05) is 23.3 Å². The van der Waals surface area contributed by atoms with Crippen LogP contribution in [-0.4, -0.2) is 32.8 Å². The van der Waals surface area contributed by atoms with Crippen LogP contribution in [0.3, 0.4) is 0 Å². The van der Waals surface area contributed by atoms with Gasteiger partial charge in [-0.1, -0.05) is 0 Å². The van der Waals surface area contributed by atoms with Crippen molar-refractivity contribution in [1.29, 1.82) is 0 Å². The number of nitrogens with zero attached hydrogens (tertiary/aromatic N) is 5. The van der Waals surface area contributed by atoms with Crippen LogP contribution in [0.1, 0.15) is 43.7 Å². The van der Waals surface area contributed by atoms with E-state index in [-0.39, 0.29) is 0 Å². The maximum Gasteiger partial charge on any atom is 0.246 e. The van der Waals surface area contributed by atoms with Crippen molar-refractivity contribution in [2.24, 2.45) is 0 Å². The summed E-state index contributed by atoms with van der Waals surface area (Å²) in [6, 6.07) is 7.73. The Bertz CT molecular complexity index is 1020. The summed E-state index contributed by atoms with van der Waals surface area (Å²) in [6.45, 7) is 2.06. The molecule has 3 aromatic rings. The molecule has 3 heterocycles. The Morgan fingerprint density at radius 2 is 1.79 bits per heavy atom. The van der Waals surface area contributed by atoms with Crippen LogP contribution in [0.15, 0.2) is 36.7 Å². The lowest BCUT2D eigenvalue weighted by Gasteiger charge is -2.28. The second-order valence-corrected chi connectivity index (χ2v) is 7.70. The van der Waals surface area contributed by atoms with Gasteiger partial charge in [0.05, 0.1) is 5.69 Å². The van der Waals surface area contributed by atoms with Crippen molar-refractivity contribution < 1.29 is 8.78 Å². The van der Waals surface area contributed by atoms with E-state index in [0.717, 1.165) is 42.4 Å². The predicted octanol–water partition coefficient (Wildman–Crippen LogP) is 4.55. The van der Waals surface area contributed by atoms with E-state index < -0.39 is 11.6 Å². The fraction of sp³-hybridized carbons (Fsp3) is 0.381. The molecule has 1 aliphatic carbocycles. The van der Waals surface area contributed by atoms with E-state index in [0.29, 0.717) is 17.6 Å². The second-order valence-electron chi connectivity index (χ2n) is 7.70. The number of hydrogen-bond acceptors (Lipinski definition) is 5. The molecule has 0 amide bonds. The molecule has 0 atom stereocenters. The van der Waals surface area contributed by atoms with Crippen molar-refractivity contribution in [1.82, 2.24) is 19.7 Å². The zero-order valence-corrected chi connectivity index (χ0v) is 16.0. The van der Waals surface area contributed by atoms with Crippen molar-refractivity contribution in [3.63, 3.8) is 0 Å². The number of nitrogens with one attached hydrogen (secondary N) is 1. The Kier molecular flexibility index (Phi) is 4.61. The van der Waals surface area contributed by atoms with Crippen LogP contribution in [0, 0.1) is 11.6 Å². The highest BCUT2D eigenvalue weighted by molar-refractivity contribution is 5.60. The first-order valence-corrected chi connectivity index (χ1v) is 10.1. The Hall–Kier alpha value is -3.03. The zero-order chi connectivity index (χ0) is 19.8. The lowest BCUT2D eigenvalue weighted by atomic mass is 10.1. The van der Waals surface area contributed by atoms with Gasteiger partial charge >= 0.3 is 0 Å². The molecule has 1 aliphatic heterocycles. The summed E-state index contributed by atoms with van der Waals surface area (Å²) < 4.78 is 28.1.